The number of hydrogen-bond donors (Lipinski definition) is 15. The molecule has 19 atom stereocenters. The van der Waals surface area contributed by atoms with Gasteiger partial charge in [0.1, 0.15) is 73.0 Å². The molecule has 30 nitrogen and oxygen atoms in total. The van der Waals surface area contributed by atoms with E-state index >= 15 is 0 Å². The second-order valence-corrected chi connectivity index (χ2v) is 25.3. The highest BCUT2D eigenvalue weighted by atomic mass is 33.1. The van der Waals surface area contributed by atoms with Crippen LogP contribution in [0.25, 0.3) is 0 Å². The van der Waals surface area contributed by atoms with Crippen LogP contribution in [0.5, 0.6) is 0 Å². The quantitative estimate of drug-likeness (QED) is 0.00891. The van der Waals surface area contributed by atoms with Crippen molar-refractivity contribution in [2.24, 2.45) is 27.1 Å². The number of nitrogens with zero attached hydrogens (tertiary/aromatic N) is 4. The van der Waals surface area contributed by atoms with Crippen LogP contribution in [0.15, 0.2) is 39.6 Å². The minimum absolute atomic E-state index is 0.0764. The molecule has 16 N–H and O–H groups in total. The van der Waals surface area contributed by atoms with E-state index in [0.717, 1.165) is 25.5 Å². The molecule has 6 aliphatic rings. The molecular weight excluding hydrogens is 1160 g/mol. The van der Waals surface area contributed by atoms with Crippen molar-refractivity contribution in [3.05, 3.63) is 29.8 Å². The lowest BCUT2D eigenvalue weighted by Gasteiger charge is -2.48. The van der Waals surface area contributed by atoms with Gasteiger partial charge < -0.3 is 107 Å². The van der Waals surface area contributed by atoms with E-state index in [0.29, 0.717) is 48.9 Å². The van der Waals surface area contributed by atoms with Gasteiger partial charge in [-0.25, -0.2) is 9.79 Å². The van der Waals surface area contributed by atoms with Gasteiger partial charge in [-0.3, -0.25) is 24.0 Å². The number of hydrogen-bond acceptors (Lipinski definition) is 25. The van der Waals surface area contributed by atoms with Crippen molar-refractivity contribution in [2.75, 3.05) is 64.3 Å². The maximum absolute atomic E-state index is 13.8. The molecule has 0 bridgehead atoms. The van der Waals surface area contributed by atoms with Gasteiger partial charge in [0.05, 0.1) is 49.6 Å². The summed E-state index contributed by atoms with van der Waals surface area (Å²) in [4.78, 5) is 83.3. The Morgan fingerprint density at radius 2 is 1.52 bits per heavy atom. The number of nitrogens with one attached hydrogen (secondary N) is 7. The van der Waals surface area contributed by atoms with Gasteiger partial charge in [-0.15, -0.1) is 5.11 Å². The molecule has 5 aliphatic heterocycles. The molecule has 7 rings (SSSR count). The normalized spacial score (nSPS) is 32.7. The minimum atomic E-state index is -1.81. The number of rotatable bonds is 30. The molecule has 1 saturated carbocycles. The van der Waals surface area contributed by atoms with Gasteiger partial charge in [0.15, 0.2) is 12.6 Å². The lowest BCUT2D eigenvalue weighted by atomic mass is 9.94. The number of thioether (sulfide) groups is 1. The Kier molecular flexibility index (Phi) is 25.5. The van der Waals surface area contributed by atoms with Gasteiger partial charge in [-0.1, -0.05) is 33.2 Å². The minimum Gasteiger partial charge on any atom is -0.459 e. The first-order valence-electron chi connectivity index (χ1n) is 28.0. The summed E-state index contributed by atoms with van der Waals surface area (Å²) in [7, 11) is 6.04. The highest BCUT2D eigenvalue weighted by molar-refractivity contribution is 8.76. The Bertz CT molecular complexity index is 2430. The van der Waals surface area contributed by atoms with Gasteiger partial charge in [0, 0.05) is 75.0 Å². The van der Waals surface area contributed by atoms with Crippen LogP contribution >= 0.6 is 33.3 Å². The number of benzene rings is 1. The van der Waals surface area contributed by atoms with Crippen LogP contribution in [-0.2, 0) is 42.9 Å². The molecule has 0 radical (unpaired) electrons. The summed E-state index contributed by atoms with van der Waals surface area (Å²) >= 11 is 1.83. The molecular formula is C51H80N12O18S3. The molecule has 5 fully saturated rings. The zero-order chi connectivity index (χ0) is 60.6. The van der Waals surface area contributed by atoms with Crippen LogP contribution < -0.4 is 43.1 Å². The summed E-state index contributed by atoms with van der Waals surface area (Å²) in [6, 6.07) is 1.77. The smallest absolute Gasteiger partial charge is 0.315 e. The Labute approximate surface area is 497 Å². The predicted octanol–water partition coefficient (Wildman–Crippen LogP) is -3.41. The van der Waals surface area contributed by atoms with Crippen molar-refractivity contribution >= 4 is 80.6 Å². The summed E-state index contributed by atoms with van der Waals surface area (Å²) in [5.41, 5.74) is 0.704. The third kappa shape index (κ3) is 17.4. The number of ether oxygens (including phenoxy) is 5. The molecule has 1 aliphatic carbocycles. The number of aliphatic hydroxyl groups excluding tert-OH is 7. The number of aliphatic hydroxyl groups is 7. The van der Waals surface area contributed by atoms with Crippen LogP contribution in [0.3, 0.4) is 0 Å². The van der Waals surface area contributed by atoms with Gasteiger partial charge in [0.2, 0.25) is 23.6 Å². The van der Waals surface area contributed by atoms with Crippen LogP contribution in [0.4, 0.5) is 10.5 Å². The molecule has 4 unspecified atom stereocenters. The van der Waals surface area contributed by atoms with Crippen molar-refractivity contribution in [1.82, 2.24) is 42.1 Å². The summed E-state index contributed by atoms with van der Waals surface area (Å²) in [5.74, 6) is 3.48. The van der Waals surface area contributed by atoms with E-state index in [1.54, 1.807) is 31.1 Å². The zero-order valence-electron chi connectivity index (χ0n) is 46.8. The Balaban J connectivity index is 0.905. The summed E-state index contributed by atoms with van der Waals surface area (Å²) in [6.07, 6.45) is -12.3. The lowest BCUT2D eigenvalue weighted by molar-refractivity contribution is -0.339. The van der Waals surface area contributed by atoms with Crippen molar-refractivity contribution in [1.29, 1.82) is 0 Å². The van der Waals surface area contributed by atoms with E-state index in [-0.39, 0.29) is 60.7 Å². The van der Waals surface area contributed by atoms with Crippen molar-refractivity contribution in [2.45, 2.75) is 167 Å². The number of nitrogens with two attached hydrogens (primary N) is 1. The summed E-state index contributed by atoms with van der Waals surface area (Å²) < 4.78 is 30.3. The first kappa shape index (κ1) is 66.6. The Morgan fingerprint density at radius 3 is 2.21 bits per heavy atom. The number of amides is 7. The van der Waals surface area contributed by atoms with E-state index in [2.05, 4.69) is 52.5 Å². The standard InChI is InChI=1S/C51H80N12O18S3/c1-24(67)55-37-40(71)39(70)30(21-65)77-48(37)80-45-31(22-66)78-49(79-44-27(20-64)43-36(41(44)72)60-51(81-43)63(2)3)38(42(45)73)58-34(69)15-18-83-84-19-17-54-47(75)28(56-46(74)25-11-13-26(14-12-25)61-62-52)8-6-7-16-53-33(68)10-5-4-9-32-35-29(23-82-32)57-50(76)59-35/h11-14,27-32,35-45,48-49,64-66,70-73H,4-10,15-23H2,1-3H3,(H2,52,61)(H,53,68)(H,54,75)(H,55,67)(H,56,74)(H,58,69)(H2,57,59,76)/t27-,28?,29?,30+,31+,32?,35?,36+,37+,38+,39+,40-,41+,42-,43-,44+,45+,48-,49-/m0/s1. The topological polar surface area (TPSA) is 441 Å². The van der Waals surface area contributed by atoms with E-state index < -0.39 is 141 Å². The molecule has 84 heavy (non-hydrogen) atoms. The average molecular weight is 1250 g/mol. The molecule has 1 aromatic carbocycles. The van der Waals surface area contributed by atoms with Crippen LogP contribution in [0, 0.1) is 5.92 Å². The number of amidine groups is 1. The average Bonchev–Trinajstić information content (AvgIpc) is 2.18. The first-order chi connectivity index (χ1) is 40.3. The number of fused-ring (bicyclic) bond motifs is 2. The maximum atomic E-state index is 13.8. The molecule has 0 spiro atoms. The number of aliphatic imine (C=N–C) groups is 1. The van der Waals surface area contributed by atoms with E-state index in [4.69, 9.17) is 29.5 Å². The van der Waals surface area contributed by atoms with Gasteiger partial charge in [-0.05, 0) is 56.4 Å². The first-order valence-corrected chi connectivity index (χ1v) is 31.5. The third-order valence-corrected chi connectivity index (χ3v) is 19.1. The molecule has 7 amide bonds. The Morgan fingerprint density at radius 1 is 0.821 bits per heavy atom. The lowest BCUT2D eigenvalue weighted by Crippen LogP contribution is -2.69. The largest absolute Gasteiger partial charge is 0.459 e. The van der Waals surface area contributed by atoms with Gasteiger partial charge in [-0.2, -0.15) is 11.8 Å². The van der Waals surface area contributed by atoms with Crippen LogP contribution in [0.2, 0.25) is 0 Å². The Hall–Kier alpha value is -4.88. The predicted molar refractivity (Wildman–Crippen MR) is 305 cm³/mol. The van der Waals surface area contributed by atoms with Crippen molar-refractivity contribution in [3.8, 4) is 0 Å². The van der Waals surface area contributed by atoms with E-state index in [1.807, 2.05) is 11.8 Å². The van der Waals surface area contributed by atoms with Crippen LogP contribution in [0.1, 0.15) is 68.6 Å². The van der Waals surface area contributed by atoms with Gasteiger partial charge in [0.25, 0.3) is 11.9 Å². The number of unbranched alkanes of at least 4 members (excludes halogenated alkanes) is 2. The van der Waals surface area contributed by atoms with E-state index in [9.17, 15) is 64.5 Å². The molecule has 0 aromatic heterocycles. The van der Waals surface area contributed by atoms with Crippen molar-refractivity contribution in [3.63, 3.8) is 0 Å². The zero-order valence-corrected chi connectivity index (χ0v) is 49.3. The van der Waals surface area contributed by atoms with Crippen molar-refractivity contribution < 1.29 is 88.2 Å². The second kappa shape index (κ2) is 32.2. The number of carbonyl (C=O) groups excluding carboxylic acids is 6. The fourth-order valence-electron chi connectivity index (χ4n) is 10.8. The summed E-state index contributed by atoms with van der Waals surface area (Å²) in [6.45, 7) is -0.432. The van der Waals surface area contributed by atoms with E-state index in [1.165, 1.54) is 33.7 Å². The highest BCUT2D eigenvalue weighted by Crippen LogP contribution is 2.40. The highest BCUT2D eigenvalue weighted by Gasteiger charge is 2.59. The SMILES string of the molecule is CC(=O)N[C@H]1[C@H](O[C@H]2[C@@H](O)[C@@H](NC(=O)CCSSCCNC(=O)C(CCCCNC(=O)CCCCC3SCC4NC(=O)NC43)NC(=O)c3ccc(N=NN)cc3)[C@H](O[C@H]3[C@H](O)[C@H]4N=C(N(C)C)O[C@H]4[C@@H]3CO)O[C@@H]2CO)O[C@H](CO)[C@@H](O)[C@H]1O. The monoisotopic (exact) mass is 1240 g/mol. The number of urea groups is 1. The fourth-order valence-corrected chi connectivity index (χ4v) is 14.3. The number of carbonyl (C=O) groups is 6. The molecule has 4 saturated heterocycles. The third-order valence-electron chi connectivity index (χ3n) is 15.2. The van der Waals surface area contributed by atoms with Gasteiger partial charge >= 0.3 is 6.03 Å². The molecule has 470 valence electrons. The molecule has 5 heterocycles. The molecule has 33 heteroatoms. The molecule has 1 aromatic rings. The fraction of sp³-hybridized carbons (Fsp3) is 0.745. The maximum Gasteiger partial charge on any atom is 0.315 e. The second-order valence-electron chi connectivity index (χ2n) is 21.3. The summed E-state index contributed by atoms with van der Waals surface area (Å²) in [5, 5.41) is 103. The van der Waals surface area contributed by atoms with Crippen LogP contribution in [-0.4, -0.2) is 256 Å².